The van der Waals surface area contributed by atoms with Crippen LogP contribution in [0, 0.1) is 10.1 Å². The molecule has 1 aromatic carbocycles. The molecule has 0 atom stereocenters. The van der Waals surface area contributed by atoms with E-state index in [9.17, 15) is 10.1 Å². The summed E-state index contributed by atoms with van der Waals surface area (Å²) in [4.78, 5) is 10.1. The van der Waals surface area contributed by atoms with E-state index >= 15 is 0 Å². The minimum absolute atomic E-state index is 0.122. The van der Waals surface area contributed by atoms with E-state index in [-0.39, 0.29) is 5.69 Å². The maximum absolute atomic E-state index is 10.5. The Balaban J connectivity index is 1.75. The van der Waals surface area contributed by atoms with Gasteiger partial charge in [-0.05, 0) is 30.7 Å². The molecule has 0 bridgehead atoms. The molecule has 0 saturated carbocycles. The number of hydrogen-bond acceptors (Lipinski definition) is 5. The predicted molar refractivity (Wildman–Crippen MR) is 70.5 cm³/mol. The topological polar surface area (TPSA) is 81.0 Å². The number of nitrogens with zero attached hydrogens (tertiary/aromatic N) is 3. The second-order valence-corrected chi connectivity index (χ2v) is 4.07. The van der Waals surface area contributed by atoms with Crippen LogP contribution in [0.1, 0.15) is 11.3 Å². The zero-order valence-corrected chi connectivity index (χ0v) is 10.3. The van der Waals surface area contributed by atoms with E-state index in [2.05, 4.69) is 15.5 Å². The minimum atomic E-state index is -0.393. The molecular weight excluding hydrogens is 244 g/mol. The predicted octanol–water partition coefficient (Wildman–Crippen LogP) is 1.72. The Kier molecular flexibility index (Phi) is 4.52. The molecule has 0 unspecified atom stereocenters. The molecule has 1 aromatic heterocycles. The monoisotopic (exact) mass is 258 g/mol. The van der Waals surface area contributed by atoms with E-state index in [1.165, 1.54) is 12.1 Å². The summed E-state index contributed by atoms with van der Waals surface area (Å²) in [5.74, 6) is 0. The third kappa shape index (κ3) is 4.11. The average molecular weight is 258 g/mol. The van der Waals surface area contributed by atoms with Crippen LogP contribution < -0.4 is 5.32 Å². The summed E-state index contributed by atoms with van der Waals surface area (Å²) in [6, 6.07) is 10.4. The van der Waals surface area contributed by atoms with E-state index in [0.717, 1.165) is 24.2 Å². The van der Waals surface area contributed by atoms with E-state index in [4.69, 9.17) is 0 Å². The maximum atomic E-state index is 10.5. The molecule has 0 radical (unpaired) electrons. The summed E-state index contributed by atoms with van der Waals surface area (Å²) in [5, 5.41) is 21.5. The first-order valence-corrected chi connectivity index (χ1v) is 5.96. The van der Waals surface area contributed by atoms with E-state index in [0.29, 0.717) is 6.54 Å². The summed E-state index contributed by atoms with van der Waals surface area (Å²) >= 11 is 0. The van der Waals surface area contributed by atoms with Gasteiger partial charge in [0.05, 0.1) is 10.6 Å². The molecule has 98 valence electrons. The standard InChI is InChI=1S/C13H14N4O2/c18-17(19)13-5-3-11(4-6-13)7-9-14-10-12-2-1-8-15-16-12/h1-6,8,14H,7,9-10H2. The van der Waals surface area contributed by atoms with Crippen molar-refractivity contribution < 1.29 is 4.92 Å². The second kappa shape index (κ2) is 6.55. The molecule has 0 amide bonds. The molecule has 0 aliphatic heterocycles. The Labute approximate surface area is 110 Å². The lowest BCUT2D eigenvalue weighted by Gasteiger charge is -2.04. The first kappa shape index (κ1) is 13.1. The molecule has 0 aliphatic carbocycles. The van der Waals surface area contributed by atoms with E-state index < -0.39 is 4.92 Å². The van der Waals surface area contributed by atoms with Crippen LogP contribution >= 0.6 is 0 Å². The summed E-state index contributed by atoms with van der Waals surface area (Å²) < 4.78 is 0. The van der Waals surface area contributed by atoms with Crippen molar-refractivity contribution in [3.05, 3.63) is 64.0 Å². The number of aromatic nitrogens is 2. The van der Waals surface area contributed by atoms with Crippen LogP contribution in [-0.2, 0) is 13.0 Å². The van der Waals surface area contributed by atoms with Crippen molar-refractivity contribution in [1.29, 1.82) is 0 Å². The van der Waals surface area contributed by atoms with Gasteiger partial charge in [0.2, 0.25) is 0 Å². The first-order valence-electron chi connectivity index (χ1n) is 5.96. The Morgan fingerprint density at radius 3 is 2.63 bits per heavy atom. The van der Waals surface area contributed by atoms with Crippen molar-refractivity contribution in [2.24, 2.45) is 0 Å². The van der Waals surface area contributed by atoms with Crippen molar-refractivity contribution >= 4 is 5.69 Å². The number of benzene rings is 1. The molecule has 2 aromatic rings. The molecule has 0 aliphatic rings. The lowest BCUT2D eigenvalue weighted by atomic mass is 10.1. The van der Waals surface area contributed by atoms with Crippen molar-refractivity contribution in [2.75, 3.05) is 6.54 Å². The van der Waals surface area contributed by atoms with Gasteiger partial charge in [0.15, 0.2) is 0 Å². The number of non-ortho nitro benzene ring substituents is 1. The van der Waals surface area contributed by atoms with Crippen LogP contribution in [0.15, 0.2) is 42.6 Å². The molecule has 6 nitrogen and oxygen atoms in total. The first-order chi connectivity index (χ1) is 9.25. The zero-order valence-electron chi connectivity index (χ0n) is 10.3. The number of rotatable bonds is 6. The van der Waals surface area contributed by atoms with Crippen molar-refractivity contribution in [2.45, 2.75) is 13.0 Å². The van der Waals surface area contributed by atoms with Crippen LogP contribution in [-0.4, -0.2) is 21.7 Å². The molecule has 0 spiro atoms. The van der Waals surface area contributed by atoms with Gasteiger partial charge in [-0.25, -0.2) is 0 Å². The Bertz CT molecular complexity index is 528. The third-order valence-corrected chi connectivity index (χ3v) is 2.67. The van der Waals surface area contributed by atoms with Gasteiger partial charge in [-0.3, -0.25) is 10.1 Å². The zero-order chi connectivity index (χ0) is 13.5. The molecule has 1 N–H and O–H groups in total. The van der Waals surface area contributed by atoms with Gasteiger partial charge in [0.25, 0.3) is 5.69 Å². The highest BCUT2D eigenvalue weighted by molar-refractivity contribution is 5.32. The number of nitrogens with one attached hydrogen (secondary N) is 1. The van der Waals surface area contributed by atoms with Gasteiger partial charge in [-0.1, -0.05) is 12.1 Å². The minimum Gasteiger partial charge on any atom is -0.311 e. The smallest absolute Gasteiger partial charge is 0.269 e. The van der Waals surface area contributed by atoms with Crippen LogP contribution in [0.2, 0.25) is 0 Å². The van der Waals surface area contributed by atoms with Crippen molar-refractivity contribution in [1.82, 2.24) is 15.5 Å². The fourth-order valence-corrected chi connectivity index (χ4v) is 1.66. The number of nitro groups is 1. The van der Waals surface area contributed by atoms with Gasteiger partial charge < -0.3 is 5.32 Å². The van der Waals surface area contributed by atoms with Gasteiger partial charge in [-0.2, -0.15) is 10.2 Å². The largest absolute Gasteiger partial charge is 0.311 e. The second-order valence-electron chi connectivity index (χ2n) is 4.07. The highest BCUT2D eigenvalue weighted by Gasteiger charge is 2.03. The number of hydrogen-bond donors (Lipinski definition) is 1. The fourth-order valence-electron chi connectivity index (χ4n) is 1.66. The van der Waals surface area contributed by atoms with E-state index in [1.807, 2.05) is 12.1 Å². The molecular formula is C13H14N4O2. The Morgan fingerprint density at radius 1 is 1.21 bits per heavy atom. The highest BCUT2D eigenvalue weighted by atomic mass is 16.6. The lowest BCUT2D eigenvalue weighted by Crippen LogP contribution is -2.17. The third-order valence-electron chi connectivity index (χ3n) is 2.67. The van der Waals surface area contributed by atoms with E-state index in [1.54, 1.807) is 18.3 Å². The molecule has 1 heterocycles. The molecule has 6 heteroatoms. The van der Waals surface area contributed by atoms with Crippen LogP contribution in [0.25, 0.3) is 0 Å². The molecule has 2 rings (SSSR count). The maximum Gasteiger partial charge on any atom is 0.269 e. The van der Waals surface area contributed by atoms with Gasteiger partial charge in [0, 0.05) is 24.9 Å². The molecule has 19 heavy (non-hydrogen) atoms. The Morgan fingerprint density at radius 2 is 2.00 bits per heavy atom. The van der Waals surface area contributed by atoms with Crippen molar-refractivity contribution in [3.63, 3.8) is 0 Å². The summed E-state index contributed by atoms with van der Waals surface area (Å²) in [7, 11) is 0. The quantitative estimate of drug-likeness (QED) is 0.484. The summed E-state index contributed by atoms with van der Waals surface area (Å²) in [6.07, 6.45) is 2.46. The van der Waals surface area contributed by atoms with Crippen LogP contribution in [0.3, 0.4) is 0 Å². The van der Waals surface area contributed by atoms with Gasteiger partial charge >= 0.3 is 0 Å². The lowest BCUT2D eigenvalue weighted by molar-refractivity contribution is -0.384. The summed E-state index contributed by atoms with van der Waals surface area (Å²) in [6.45, 7) is 1.45. The normalized spacial score (nSPS) is 10.3. The average Bonchev–Trinajstić information content (AvgIpc) is 2.45. The molecule has 0 saturated heterocycles. The fraction of sp³-hybridized carbons (Fsp3) is 0.231. The van der Waals surface area contributed by atoms with Gasteiger partial charge in [-0.15, -0.1) is 0 Å². The summed E-state index contributed by atoms with van der Waals surface area (Å²) in [5.41, 5.74) is 2.08. The van der Waals surface area contributed by atoms with Gasteiger partial charge in [0.1, 0.15) is 0 Å². The molecule has 0 fully saturated rings. The Hall–Kier alpha value is -2.34. The highest BCUT2D eigenvalue weighted by Crippen LogP contribution is 2.11. The number of nitro benzene ring substituents is 1. The SMILES string of the molecule is O=[N+]([O-])c1ccc(CCNCc2cccnn2)cc1. The van der Waals surface area contributed by atoms with Crippen LogP contribution in [0.4, 0.5) is 5.69 Å². The van der Waals surface area contributed by atoms with Crippen LogP contribution in [0.5, 0.6) is 0 Å². The van der Waals surface area contributed by atoms with Crippen molar-refractivity contribution in [3.8, 4) is 0 Å².